The number of hydrogen-bond donors (Lipinski definition) is 2. The van der Waals surface area contributed by atoms with Crippen LogP contribution in [0.25, 0.3) is 5.52 Å². The van der Waals surface area contributed by atoms with E-state index in [0.717, 1.165) is 53.0 Å². The summed E-state index contributed by atoms with van der Waals surface area (Å²) in [5, 5.41) is 18.3. The van der Waals surface area contributed by atoms with Crippen LogP contribution in [0.15, 0.2) is 109 Å². The van der Waals surface area contributed by atoms with Crippen molar-refractivity contribution in [2.24, 2.45) is 0 Å². The van der Waals surface area contributed by atoms with Crippen molar-refractivity contribution in [3.63, 3.8) is 0 Å². The van der Waals surface area contributed by atoms with Crippen LogP contribution in [-0.2, 0) is 17.8 Å². The number of aromatic nitrogens is 3. The average molecular weight is 557 g/mol. The van der Waals surface area contributed by atoms with Gasteiger partial charge in [0.05, 0.1) is 24.8 Å². The Morgan fingerprint density at radius 3 is 2.57 bits per heavy atom. The topological polar surface area (TPSA) is 88.8 Å². The molecule has 2 aliphatic rings. The fraction of sp³-hybridized carbons (Fsp3) is 0.229. The van der Waals surface area contributed by atoms with Gasteiger partial charge >= 0.3 is 5.97 Å². The molecule has 2 N–H and O–H groups in total. The molecule has 7 nitrogen and oxygen atoms in total. The standard InChI is InChI=1S/C35H32N4O3/c40-35(41)29-13-7-6-12-28(29)30-19-25(18-26(30)21-42-20-23-8-2-1-3-9-23)32-16-17-33-34(36-22-37-39(32)33)38-31-15-14-24-10-4-5-11-27(24)31/h1-13,16-18,22,25,30-31H,14-15,19-21H2,(H,40,41)(H,36,37,38)/t25-,30-,31+/m1/s1. The molecule has 0 saturated heterocycles. The summed E-state index contributed by atoms with van der Waals surface area (Å²) in [5.41, 5.74) is 8.06. The lowest BCUT2D eigenvalue weighted by atomic mass is 9.87. The number of allylic oxidation sites excluding steroid dienone is 1. The van der Waals surface area contributed by atoms with Gasteiger partial charge < -0.3 is 15.2 Å². The first-order chi connectivity index (χ1) is 20.7. The van der Waals surface area contributed by atoms with Crippen LogP contribution in [0.4, 0.5) is 5.82 Å². The minimum Gasteiger partial charge on any atom is -0.478 e. The van der Waals surface area contributed by atoms with Gasteiger partial charge in [-0.3, -0.25) is 0 Å². The van der Waals surface area contributed by atoms with E-state index in [1.165, 1.54) is 11.1 Å². The molecule has 7 heteroatoms. The second-order valence-electron chi connectivity index (χ2n) is 11.1. The number of carbonyl (C=O) groups is 1. The van der Waals surface area contributed by atoms with Gasteiger partial charge in [0.2, 0.25) is 0 Å². The van der Waals surface area contributed by atoms with Crippen molar-refractivity contribution in [1.29, 1.82) is 0 Å². The highest BCUT2D eigenvalue weighted by Gasteiger charge is 2.33. The minimum absolute atomic E-state index is 0.0460. The number of nitrogens with zero attached hydrogens (tertiary/aromatic N) is 3. The first kappa shape index (κ1) is 26.2. The van der Waals surface area contributed by atoms with E-state index in [1.807, 2.05) is 47.0 Å². The predicted molar refractivity (Wildman–Crippen MR) is 162 cm³/mol. The van der Waals surface area contributed by atoms with Gasteiger partial charge in [-0.25, -0.2) is 14.3 Å². The van der Waals surface area contributed by atoms with Gasteiger partial charge in [0.1, 0.15) is 11.8 Å². The zero-order valence-corrected chi connectivity index (χ0v) is 23.2. The zero-order chi connectivity index (χ0) is 28.5. The Bertz CT molecular complexity index is 1780. The smallest absolute Gasteiger partial charge is 0.335 e. The SMILES string of the molecule is O=C(O)c1ccccc1[C@@H]1C[C@H](c2ccc3c(N[C@H]4CCc5ccccc54)ncnn23)C=C1COCc1ccccc1. The van der Waals surface area contributed by atoms with Crippen LogP contribution in [0.2, 0.25) is 0 Å². The van der Waals surface area contributed by atoms with E-state index in [2.05, 4.69) is 57.9 Å². The summed E-state index contributed by atoms with van der Waals surface area (Å²) in [4.78, 5) is 16.8. The van der Waals surface area contributed by atoms with Gasteiger partial charge in [-0.1, -0.05) is 78.9 Å². The van der Waals surface area contributed by atoms with Gasteiger partial charge in [-0.2, -0.15) is 5.10 Å². The third-order valence-corrected chi connectivity index (χ3v) is 8.60. The van der Waals surface area contributed by atoms with Gasteiger partial charge in [-0.05, 0) is 65.3 Å². The molecule has 3 atom stereocenters. The van der Waals surface area contributed by atoms with Gasteiger partial charge in [0.25, 0.3) is 0 Å². The molecule has 0 fully saturated rings. The number of carboxylic acids is 1. The summed E-state index contributed by atoms with van der Waals surface area (Å²) in [7, 11) is 0. The van der Waals surface area contributed by atoms with Crippen molar-refractivity contribution >= 4 is 17.3 Å². The number of aromatic carboxylic acids is 1. The third kappa shape index (κ3) is 4.97. The highest BCUT2D eigenvalue weighted by atomic mass is 16.5. The molecule has 0 saturated carbocycles. The van der Waals surface area contributed by atoms with Crippen LogP contribution in [0.3, 0.4) is 0 Å². The first-order valence-corrected chi connectivity index (χ1v) is 14.5. The molecule has 2 heterocycles. The Morgan fingerprint density at radius 2 is 1.71 bits per heavy atom. The maximum absolute atomic E-state index is 12.1. The second kappa shape index (κ2) is 11.3. The first-order valence-electron chi connectivity index (χ1n) is 14.5. The van der Waals surface area contributed by atoms with Crippen LogP contribution >= 0.6 is 0 Å². The van der Waals surface area contributed by atoms with E-state index in [4.69, 9.17) is 4.74 Å². The molecule has 0 radical (unpaired) electrons. The predicted octanol–water partition coefficient (Wildman–Crippen LogP) is 6.94. The van der Waals surface area contributed by atoms with Crippen LogP contribution < -0.4 is 5.32 Å². The second-order valence-corrected chi connectivity index (χ2v) is 11.1. The molecule has 2 aromatic heterocycles. The van der Waals surface area contributed by atoms with Crippen LogP contribution in [-0.4, -0.2) is 32.3 Å². The molecule has 2 aliphatic carbocycles. The highest BCUT2D eigenvalue weighted by Crippen LogP contribution is 2.45. The summed E-state index contributed by atoms with van der Waals surface area (Å²) in [6.45, 7) is 0.924. The summed E-state index contributed by atoms with van der Waals surface area (Å²) in [6.07, 6.45) is 6.69. The summed E-state index contributed by atoms with van der Waals surface area (Å²) in [6, 6.07) is 30.4. The number of benzene rings is 3. The van der Waals surface area contributed by atoms with Crippen LogP contribution in [0.1, 0.15) is 69.0 Å². The number of rotatable bonds is 9. The van der Waals surface area contributed by atoms with Gasteiger partial charge in [-0.15, -0.1) is 0 Å². The minimum atomic E-state index is -0.913. The Kier molecular flexibility index (Phi) is 7.01. The van der Waals surface area contributed by atoms with Crippen molar-refractivity contribution in [3.8, 4) is 0 Å². The Hall–Kier alpha value is -4.75. The Labute approximate surface area is 244 Å². The van der Waals surface area contributed by atoms with Gasteiger partial charge in [0.15, 0.2) is 5.82 Å². The molecule has 0 bridgehead atoms. The maximum atomic E-state index is 12.1. The maximum Gasteiger partial charge on any atom is 0.335 e. The lowest BCUT2D eigenvalue weighted by molar-refractivity contribution is 0.0695. The fourth-order valence-corrected chi connectivity index (χ4v) is 6.60. The molecular weight excluding hydrogens is 524 g/mol. The normalized spacial score (nSPS) is 19.5. The zero-order valence-electron chi connectivity index (χ0n) is 23.2. The summed E-state index contributed by atoms with van der Waals surface area (Å²) in [5.74, 6) is -0.120. The largest absolute Gasteiger partial charge is 0.478 e. The average Bonchev–Trinajstić information content (AvgIpc) is 3.75. The molecular formula is C35H32N4O3. The Morgan fingerprint density at radius 1 is 0.929 bits per heavy atom. The number of ether oxygens (including phenoxy) is 1. The van der Waals surface area contributed by atoms with Crippen molar-refractivity contribution < 1.29 is 14.6 Å². The van der Waals surface area contributed by atoms with Crippen molar-refractivity contribution in [2.75, 3.05) is 11.9 Å². The van der Waals surface area contributed by atoms with E-state index in [1.54, 1.807) is 18.5 Å². The number of nitrogens with one attached hydrogen (secondary N) is 1. The molecule has 0 aliphatic heterocycles. The van der Waals surface area contributed by atoms with Crippen molar-refractivity contribution in [1.82, 2.24) is 14.6 Å². The molecule has 42 heavy (non-hydrogen) atoms. The van der Waals surface area contributed by atoms with E-state index in [-0.39, 0.29) is 17.9 Å². The molecule has 0 amide bonds. The van der Waals surface area contributed by atoms with E-state index >= 15 is 0 Å². The molecule has 0 spiro atoms. The molecule has 3 aromatic carbocycles. The lowest BCUT2D eigenvalue weighted by Gasteiger charge is -2.19. The summed E-state index contributed by atoms with van der Waals surface area (Å²) >= 11 is 0. The van der Waals surface area contributed by atoms with Gasteiger partial charge in [0, 0.05) is 17.5 Å². The summed E-state index contributed by atoms with van der Waals surface area (Å²) < 4.78 is 8.15. The van der Waals surface area contributed by atoms with Crippen molar-refractivity contribution in [3.05, 3.63) is 142 Å². The molecule has 0 unspecified atom stereocenters. The van der Waals surface area contributed by atoms with Crippen molar-refractivity contribution in [2.45, 2.75) is 43.7 Å². The number of carboxylic acid groups (broad SMARTS) is 1. The molecule has 210 valence electrons. The molecule has 5 aromatic rings. The van der Waals surface area contributed by atoms with E-state index < -0.39 is 5.97 Å². The third-order valence-electron chi connectivity index (χ3n) is 8.60. The number of aryl methyl sites for hydroxylation is 1. The number of anilines is 1. The van der Waals surface area contributed by atoms with Crippen LogP contribution in [0.5, 0.6) is 0 Å². The monoisotopic (exact) mass is 556 g/mol. The quantitative estimate of drug-likeness (QED) is 0.191. The Balaban J connectivity index is 1.19. The van der Waals surface area contributed by atoms with E-state index in [0.29, 0.717) is 18.8 Å². The lowest BCUT2D eigenvalue weighted by Crippen LogP contribution is -2.12. The van der Waals surface area contributed by atoms with Crippen LogP contribution in [0, 0.1) is 0 Å². The highest BCUT2D eigenvalue weighted by molar-refractivity contribution is 5.89. The fourth-order valence-electron chi connectivity index (χ4n) is 6.60. The number of hydrogen-bond acceptors (Lipinski definition) is 5. The molecule has 7 rings (SSSR count). The number of fused-ring (bicyclic) bond motifs is 2. The van der Waals surface area contributed by atoms with E-state index in [9.17, 15) is 9.90 Å².